The first-order valence-corrected chi connectivity index (χ1v) is 5.95. The normalized spacial score (nSPS) is 21.2. The van der Waals surface area contributed by atoms with Crippen molar-refractivity contribution in [1.82, 2.24) is 9.78 Å². The maximum absolute atomic E-state index is 10.8. The van der Waals surface area contributed by atoms with Gasteiger partial charge in [-0.15, -0.1) is 0 Å². The van der Waals surface area contributed by atoms with Crippen LogP contribution >= 0.6 is 11.6 Å². The molecule has 1 atom stereocenters. The monoisotopic (exact) mass is 259 g/mol. The van der Waals surface area contributed by atoms with Crippen molar-refractivity contribution in [3.63, 3.8) is 0 Å². The number of aromatic nitrogens is 2. The average Bonchev–Trinajstić information content (AvgIpc) is 2.48. The van der Waals surface area contributed by atoms with Crippen molar-refractivity contribution in [2.75, 3.05) is 13.2 Å². The van der Waals surface area contributed by atoms with Gasteiger partial charge in [-0.2, -0.15) is 5.10 Å². The topological polar surface area (TPSA) is 70.2 Å². The first-order chi connectivity index (χ1) is 8.11. The summed E-state index contributed by atoms with van der Waals surface area (Å²) in [6.07, 6.45) is 2.67. The maximum Gasteiger partial charge on any atom is 0.328 e. The highest BCUT2D eigenvalue weighted by atomic mass is 35.5. The molecule has 1 fully saturated rings. The molecule has 0 radical (unpaired) electrons. The highest BCUT2D eigenvalue weighted by molar-refractivity contribution is 6.31. The summed E-state index contributed by atoms with van der Waals surface area (Å²) >= 11 is 5.80. The number of ether oxygens (including phenoxy) is 1. The first kappa shape index (κ1) is 12.3. The van der Waals surface area contributed by atoms with Gasteiger partial charge < -0.3 is 4.74 Å². The summed E-state index contributed by atoms with van der Waals surface area (Å²) in [5, 5.41) is 14.9. The van der Waals surface area contributed by atoms with Gasteiger partial charge in [0.1, 0.15) is 5.69 Å². The fourth-order valence-corrected chi connectivity index (χ4v) is 2.46. The van der Waals surface area contributed by atoms with Gasteiger partial charge in [0.25, 0.3) is 0 Å². The Morgan fingerprint density at radius 3 is 2.94 bits per heavy atom. The van der Waals surface area contributed by atoms with Crippen LogP contribution in [0.4, 0.5) is 5.69 Å². The highest BCUT2D eigenvalue weighted by Crippen LogP contribution is 2.32. The van der Waals surface area contributed by atoms with Crippen molar-refractivity contribution in [1.29, 1.82) is 0 Å². The van der Waals surface area contributed by atoms with Crippen LogP contribution in [-0.4, -0.2) is 27.9 Å². The van der Waals surface area contributed by atoms with Crippen LogP contribution in [0.3, 0.4) is 0 Å². The van der Waals surface area contributed by atoms with Gasteiger partial charge in [-0.3, -0.25) is 14.8 Å². The molecule has 0 saturated carbocycles. The van der Waals surface area contributed by atoms with Gasteiger partial charge in [0.05, 0.1) is 11.0 Å². The van der Waals surface area contributed by atoms with E-state index in [-0.39, 0.29) is 16.9 Å². The van der Waals surface area contributed by atoms with E-state index >= 15 is 0 Å². The van der Waals surface area contributed by atoms with E-state index in [2.05, 4.69) is 5.10 Å². The summed E-state index contributed by atoms with van der Waals surface area (Å²) < 4.78 is 7.04. The first-order valence-electron chi connectivity index (χ1n) is 5.58. The van der Waals surface area contributed by atoms with E-state index in [9.17, 15) is 10.1 Å². The molecule has 2 rings (SSSR count). The summed E-state index contributed by atoms with van der Waals surface area (Å²) in [6, 6.07) is 0.142. The van der Waals surface area contributed by atoms with E-state index in [0.29, 0.717) is 12.3 Å². The van der Waals surface area contributed by atoms with Gasteiger partial charge in [0.2, 0.25) is 5.15 Å². The fourth-order valence-electron chi connectivity index (χ4n) is 2.17. The standard InChI is InChI=1S/C10H14ClN3O3/c1-7-9(14(15)16)10(11)12-13(7)8-3-2-5-17-6-4-8/h8H,2-6H2,1H3. The van der Waals surface area contributed by atoms with Crippen molar-refractivity contribution in [3.8, 4) is 0 Å². The Labute approximate surface area is 104 Å². The number of hydrogen-bond acceptors (Lipinski definition) is 4. The Hall–Kier alpha value is -1.14. The molecule has 1 aliphatic heterocycles. The highest BCUT2D eigenvalue weighted by Gasteiger charge is 2.27. The molecular formula is C10H14ClN3O3. The second-order valence-corrected chi connectivity index (χ2v) is 4.48. The van der Waals surface area contributed by atoms with Gasteiger partial charge in [-0.1, -0.05) is 11.6 Å². The summed E-state index contributed by atoms with van der Waals surface area (Å²) in [4.78, 5) is 10.4. The molecule has 0 bridgehead atoms. The summed E-state index contributed by atoms with van der Waals surface area (Å²) in [5.74, 6) is 0. The van der Waals surface area contributed by atoms with E-state index in [1.807, 2.05) is 0 Å². The number of halogens is 1. The van der Waals surface area contributed by atoms with Crippen LogP contribution in [0.2, 0.25) is 5.15 Å². The van der Waals surface area contributed by atoms with Crippen LogP contribution in [0, 0.1) is 17.0 Å². The van der Waals surface area contributed by atoms with E-state index in [1.165, 1.54) is 0 Å². The number of nitrogens with zero attached hydrogens (tertiary/aromatic N) is 3. The van der Waals surface area contributed by atoms with Gasteiger partial charge in [-0.05, 0) is 26.2 Å². The second-order valence-electron chi connectivity index (χ2n) is 4.12. The second kappa shape index (κ2) is 5.01. The summed E-state index contributed by atoms with van der Waals surface area (Å²) in [5.41, 5.74) is 0.434. The third-order valence-corrected chi connectivity index (χ3v) is 3.28. The van der Waals surface area contributed by atoms with E-state index in [0.717, 1.165) is 25.9 Å². The lowest BCUT2D eigenvalue weighted by Gasteiger charge is -2.15. The van der Waals surface area contributed by atoms with Gasteiger partial charge in [-0.25, -0.2) is 0 Å². The average molecular weight is 260 g/mol. The molecule has 1 aliphatic rings. The smallest absolute Gasteiger partial charge is 0.328 e. The molecule has 0 amide bonds. The zero-order valence-corrected chi connectivity index (χ0v) is 10.3. The molecule has 2 heterocycles. The lowest BCUT2D eigenvalue weighted by atomic mass is 10.1. The number of nitro groups is 1. The molecule has 6 nitrogen and oxygen atoms in total. The molecule has 1 unspecified atom stereocenters. The molecule has 7 heteroatoms. The Bertz CT molecular complexity index is 425. The third kappa shape index (κ3) is 2.42. The third-order valence-electron chi connectivity index (χ3n) is 3.03. The minimum Gasteiger partial charge on any atom is -0.381 e. The zero-order valence-electron chi connectivity index (χ0n) is 9.56. The number of hydrogen-bond donors (Lipinski definition) is 0. The van der Waals surface area contributed by atoms with Crippen molar-refractivity contribution in [2.24, 2.45) is 0 Å². The lowest BCUT2D eigenvalue weighted by molar-refractivity contribution is -0.385. The van der Waals surface area contributed by atoms with Crippen molar-refractivity contribution < 1.29 is 9.66 Å². The quantitative estimate of drug-likeness (QED) is 0.604. The molecule has 1 aromatic heterocycles. The maximum atomic E-state index is 10.8. The molecule has 17 heavy (non-hydrogen) atoms. The van der Waals surface area contributed by atoms with Crippen LogP contribution in [-0.2, 0) is 4.74 Å². The Morgan fingerprint density at radius 2 is 2.29 bits per heavy atom. The molecule has 0 aliphatic carbocycles. The van der Waals surface area contributed by atoms with Gasteiger partial charge in [0, 0.05) is 13.2 Å². The molecule has 0 aromatic carbocycles. The van der Waals surface area contributed by atoms with Crippen LogP contribution in [0.25, 0.3) is 0 Å². The molecule has 0 N–H and O–H groups in total. The van der Waals surface area contributed by atoms with Crippen molar-refractivity contribution in [3.05, 3.63) is 21.0 Å². The summed E-state index contributed by atoms with van der Waals surface area (Å²) in [6.45, 7) is 3.09. The SMILES string of the molecule is Cc1c([N+](=O)[O-])c(Cl)nn1C1CCCOCC1. The van der Waals surface area contributed by atoms with E-state index in [1.54, 1.807) is 11.6 Å². The Morgan fingerprint density at radius 1 is 1.53 bits per heavy atom. The minimum atomic E-state index is -0.478. The molecule has 94 valence electrons. The largest absolute Gasteiger partial charge is 0.381 e. The van der Waals surface area contributed by atoms with Crippen LogP contribution < -0.4 is 0 Å². The Kier molecular flexibility index (Phi) is 3.63. The lowest BCUT2D eigenvalue weighted by Crippen LogP contribution is -2.12. The number of rotatable bonds is 2. The van der Waals surface area contributed by atoms with Crippen LogP contribution in [0.1, 0.15) is 31.0 Å². The minimum absolute atomic E-state index is 0.0299. The zero-order chi connectivity index (χ0) is 12.4. The molecule has 0 spiro atoms. The van der Waals surface area contributed by atoms with Crippen LogP contribution in [0.5, 0.6) is 0 Å². The van der Waals surface area contributed by atoms with E-state index in [4.69, 9.17) is 16.3 Å². The Balaban J connectivity index is 2.31. The van der Waals surface area contributed by atoms with Crippen molar-refractivity contribution >= 4 is 17.3 Å². The van der Waals surface area contributed by atoms with Crippen molar-refractivity contribution in [2.45, 2.75) is 32.2 Å². The van der Waals surface area contributed by atoms with Crippen LogP contribution in [0.15, 0.2) is 0 Å². The molecular weight excluding hydrogens is 246 g/mol. The predicted octanol–water partition coefficient (Wildman–Crippen LogP) is 2.49. The van der Waals surface area contributed by atoms with Gasteiger partial charge in [0.15, 0.2) is 0 Å². The summed E-state index contributed by atoms with van der Waals surface area (Å²) in [7, 11) is 0. The van der Waals surface area contributed by atoms with E-state index < -0.39 is 4.92 Å². The predicted molar refractivity (Wildman–Crippen MR) is 62.3 cm³/mol. The van der Waals surface area contributed by atoms with Gasteiger partial charge >= 0.3 is 5.69 Å². The fraction of sp³-hybridized carbons (Fsp3) is 0.700. The molecule has 1 saturated heterocycles. The molecule has 1 aromatic rings.